The van der Waals surface area contributed by atoms with Crippen molar-refractivity contribution in [2.24, 2.45) is 0 Å². The number of alkyl halides is 1. The zero-order valence-corrected chi connectivity index (χ0v) is 8.42. The summed E-state index contributed by atoms with van der Waals surface area (Å²) in [5.41, 5.74) is 2.44. The molecule has 3 heteroatoms. The van der Waals surface area contributed by atoms with Crippen LogP contribution in [0.2, 0.25) is 0 Å². The van der Waals surface area contributed by atoms with Crippen LogP contribution in [0.4, 0.5) is 0 Å². The monoisotopic (exact) mass is 250 g/mol. The molecule has 1 rings (SSSR count). The van der Waals surface area contributed by atoms with E-state index in [2.05, 4.69) is 47.6 Å². The van der Waals surface area contributed by atoms with Crippen LogP contribution in [0.5, 0.6) is 0 Å². The molecule has 0 radical (unpaired) electrons. The molecule has 0 aliphatic heterocycles. The number of rotatable bonds is 2. The third-order valence-electron chi connectivity index (χ3n) is 1.47. The Morgan fingerprint density at radius 1 is 1.70 bits per heavy atom. The summed E-state index contributed by atoms with van der Waals surface area (Å²) in [6.07, 6.45) is 0. The second kappa shape index (κ2) is 3.37. The Morgan fingerprint density at radius 3 is 2.70 bits per heavy atom. The Morgan fingerprint density at radius 2 is 2.40 bits per heavy atom. The molecule has 0 bridgehead atoms. The molecule has 0 amide bonds. The van der Waals surface area contributed by atoms with E-state index in [1.807, 2.05) is 4.68 Å². The van der Waals surface area contributed by atoms with Crippen LogP contribution in [0, 0.1) is 6.92 Å². The van der Waals surface area contributed by atoms with E-state index >= 15 is 0 Å². The van der Waals surface area contributed by atoms with Gasteiger partial charge in [0.2, 0.25) is 0 Å². The predicted octanol–water partition coefficient (Wildman–Crippen LogP) is 2.15. The molecule has 0 fully saturated rings. The lowest BCUT2D eigenvalue weighted by Crippen LogP contribution is -1.98. The minimum Gasteiger partial charge on any atom is -0.270 e. The topological polar surface area (TPSA) is 17.8 Å². The molecule has 1 aromatic heterocycles. The van der Waals surface area contributed by atoms with Gasteiger partial charge in [-0.1, -0.05) is 22.6 Å². The van der Waals surface area contributed by atoms with E-state index in [1.165, 1.54) is 11.4 Å². The summed E-state index contributed by atoms with van der Waals surface area (Å²) < 4.78 is 3.03. The van der Waals surface area contributed by atoms with Gasteiger partial charge in [-0.05, 0) is 19.9 Å². The number of hydrogen-bond acceptors (Lipinski definition) is 1. The molecule has 0 aliphatic carbocycles. The SMILES string of the molecule is CCn1nc(CI)cc1C. The summed E-state index contributed by atoms with van der Waals surface area (Å²) >= 11 is 2.32. The molecule has 0 saturated carbocycles. The molecule has 0 unspecified atom stereocenters. The van der Waals surface area contributed by atoms with Crippen molar-refractivity contribution in [2.45, 2.75) is 24.8 Å². The van der Waals surface area contributed by atoms with Gasteiger partial charge in [-0.25, -0.2) is 0 Å². The first-order valence-corrected chi connectivity index (χ1v) is 4.89. The van der Waals surface area contributed by atoms with Gasteiger partial charge in [-0.3, -0.25) is 4.68 Å². The van der Waals surface area contributed by atoms with Gasteiger partial charge in [0.25, 0.3) is 0 Å². The molecule has 1 aromatic rings. The number of halogens is 1. The molecular weight excluding hydrogens is 239 g/mol. The van der Waals surface area contributed by atoms with Crippen LogP contribution < -0.4 is 0 Å². The average molecular weight is 250 g/mol. The minimum atomic E-state index is 0.975. The quantitative estimate of drug-likeness (QED) is 0.580. The number of aryl methyl sites for hydroxylation is 2. The van der Waals surface area contributed by atoms with Gasteiger partial charge in [0.1, 0.15) is 0 Å². The Labute approximate surface area is 74.8 Å². The normalized spacial score (nSPS) is 10.3. The first-order valence-electron chi connectivity index (χ1n) is 3.37. The molecular formula is C7H11IN2. The molecule has 56 valence electrons. The summed E-state index contributed by atoms with van der Waals surface area (Å²) in [4.78, 5) is 0. The van der Waals surface area contributed by atoms with E-state index in [0.717, 1.165) is 11.0 Å². The van der Waals surface area contributed by atoms with Crippen LogP contribution in [0.1, 0.15) is 18.3 Å². The van der Waals surface area contributed by atoms with Gasteiger partial charge in [0, 0.05) is 16.7 Å². The first-order chi connectivity index (χ1) is 4.77. The van der Waals surface area contributed by atoms with Crippen molar-refractivity contribution in [1.82, 2.24) is 9.78 Å². The fourth-order valence-electron chi connectivity index (χ4n) is 0.964. The minimum absolute atomic E-state index is 0.975. The van der Waals surface area contributed by atoms with Crippen molar-refractivity contribution >= 4 is 22.6 Å². The van der Waals surface area contributed by atoms with Crippen LogP contribution >= 0.6 is 22.6 Å². The molecule has 0 aromatic carbocycles. The Hall–Kier alpha value is -0.0600. The largest absolute Gasteiger partial charge is 0.270 e. The molecule has 0 aliphatic rings. The molecule has 1 heterocycles. The molecule has 0 atom stereocenters. The summed E-state index contributed by atoms with van der Waals surface area (Å²) in [6.45, 7) is 5.17. The lowest BCUT2D eigenvalue weighted by atomic mass is 10.4. The standard InChI is InChI=1S/C7H11IN2/c1-3-10-6(2)4-7(5-8)9-10/h4H,3,5H2,1-2H3. The van der Waals surface area contributed by atoms with Crippen molar-refractivity contribution in [2.75, 3.05) is 0 Å². The molecule has 0 saturated heterocycles. The third kappa shape index (κ3) is 1.51. The Kier molecular flexibility index (Phi) is 2.71. The van der Waals surface area contributed by atoms with Crippen molar-refractivity contribution in [3.63, 3.8) is 0 Å². The van der Waals surface area contributed by atoms with E-state index in [4.69, 9.17) is 0 Å². The van der Waals surface area contributed by atoms with Crippen LogP contribution in [0.15, 0.2) is 6.07 Å². The summed E-state index contributed by atoms with van der Waals surface area (Å²) in [5.74, 6) is 0. The van der Waals surface area contributed by atoms with Crippen LogP contribution in [-0.2, 0) is 11.0 Å². The highest BCUT2D eigenvalue weighted by Crippen LogP contribution is 2.06. The number of nitrogens with zero attached hydrogens (tertiary/aromatic N) is 2. The van der Waals surface area contributed by atoms with Crippen molar-refractivity contribution in [3.05, 3.63) is 17.5 Å². The maximum absolute atomic E-state index is 4.36. The van der Waals surface area contributed by atoms with Crippen LogP contribution in [-0.4, -0.2) is 9.78 Å². The van der Waals surface area contributed by atoms with E-state index in [0.29, 0.717) is 0 Å². The number of hydrogen-bond donors (Lipinski definition) is 0. The van der Waals surface area contributed by atoms with Gasteiger partial charge in [-0.2, -0.15) is 5.10 Å². The highest BCUT2D eigenvalue weighted by molar-refractivity contribution is 14.1. The fourth-order valence-corrected chi connectivity index (χ4v) is 1.34. The molecule has 10 heavy (non-hydrogen) atoms. The highest BCUT2D eigenvalue weighted by Gasteiger charge is 1.99. The van der Waals surface area contributed by atoms with E-state index < -0.39 is 0 Å². The maximum Gasteiger partial charge on any atom is 0.0724 e. The fraction of sp³-hybridized carbons (Fsp3) is 0.571. The second-order valence-electron chi connectivity index (χ2n) is 2.23. The van der Waals surface area contributed by atoms with Gasteiger partial charge in [0.05, 0.1) is 5.69 Å². The third-order valence-corrected chi connectivity index (χ3v) is 2.25. The van der Waals surface area contributed by atoms with E-state index in [9.17, 15) is 0 Å². The average Bonchev–Trinajstić information content (AvgIpc) is 2.30. The van der Waals surface area contributed by atoms with Crippen molar-refractivity contribution < 1.29 is 0 Å². The van der Waals surface area contributed by atoms with Gasteiger partial charge < -0.3 is 0 Å². The Balaban J connectivity index is 2.92. The predicted molar refractivity (Wildman–Crippen MR) is 50.4 cm³/mol. The van der Waals surface area contributed by atoms with Gasteiger partial charge in [0.15, 0.2) is 0 Å². The zero-order valence-electron chi connectivity index (χ0n) is 6.26. The zero-order chi connectivity index (χ0) is 7.56. The smallest absolute Gasteiger partial charge is 0.0724 e. The maximum atomic E-state index is 4.36. The number of aromatic nitrogens is 2. The van der Waals surface area contributed by atoms with Crippen molar-refractivity contribution in [1.29, 1.82) is 0 Å². The highest BCUT2D eigenvalue weighted by atomic mass is 127. The van der Waals surface area contributed by atoms with Gasteiger partial charge in [-0.15, -0.1) is 0 Å². The molecule has 0 spiro atoms. The van der Waals surface area contributed by atoms with E-state index in [-0.39, 0.29) is 0 Å². The summed E-state index contributed by atoms with van der Waals surface area (Å²) in [7, 11) is 0. The van der Waals surface area contributed by atoms with E-state index in [1.54, 1.807) is 0 Å². The van der Waals surface area contributed by atoms with Crippen LogP contribution in [0.25, 0.3) is 0 Å². The first kappa shape index (κ1) is 8.04. The summed E-state index contributed by atoms with van der Waals surface area (Å²) in [6, 6.07) is 2.13. The lowest BCUT2D eigenvalue weighted by Gasteiger charge is -1.95. The lowest BCUT2D eigenvalue weighted by molar-refractivity contribution is 0.634. The Bertz CT molecular complexity index is 217. The molecule has 2 nitrogen and oxygen atoms in total. The second-order valence-corrected chi connectivity index (χ2v) is 2.99. The summed E-state index contributed by atoms with van der Waals surface area (Å²) in [5, 5.41) is 4.36. The molecule has 0 N–H and O–H groups in total. The van der Waals surface area contributed by atoms with Gasteiger partial charge >= 0.3 is 0 Å². The van der Waals surface area contributed by atoms with Crippen LogP contribution in [0.3, 0.4) is 0 Å². The van der Waals surface area contributed by atoms with Crippen molar-refractivity contribution in [3.8, 4) is 0 Å².